The number of nitrogens with one attached hydrogen (secondary N) is 1. The van der Waals surface area contributed by atoms with E-state index in [4.69, 9.17) is 9.40 Å². The molecule has 2 aliphatic rings. The van der Waals surface area contributed by atoms with Gasteiger partial charge in [-0.2, -0.15) is 0 Å². The number of anilines is 2. The number of benzene rings is 7. The second-order valence-electron chi connectivity index (χ2n) is 17.2. The van der Waals surface area contributed by atoms with Crippen LogP contribution < -0.4 is 16.2 Å². The Morgan fingerprint density at radius 3 is 2.25 bits per heavy atom. The van der Waals surface area contributed by atoms with Gasteiger partial charge in [-0.15, -0.1) is 0 Å². The molecule has 1 aliphatic heterocycles. The van der Waals surface area contributed by atoms with Crippen LogP contribution >= 0.6 is 0 Å². The van der Waals surface area contributed by atoms with Crippen LogP contribution in [0.3, 0.4) is 0 Å². The predicted octanol–water partition coefficient (Wildman–Crippen LogP) is 11.5. The highest BCUT2D eigenvalue weighted by molar-refractivity contribution is 6.73. The van der Waals surface area contributed by atoms with Gasteiger partial charge in [-0.05, 0) is 124 Å². The summed E-state index contributed by atoms with van der Waals surface area (Å²) in [6.07, 6.45) is 2.40. The Hall–Kier alpha value is -6.07. The molecule has 0 amide bonds. The predicted molar refractivity (Wildman–Crippen MR) is 233 cm³/mol. The quantitative estimate of drug-likeness (QED) is 0.185. The maximum absolute atomic E-state index is 6.46. The number of para-hydroxylation sites is 1. The van der Waals surface area contributed by atoms with Gasteiger partial charge in [0.15, 0.2) is 12.9 Å². The van der Waals surface area contributed by atoms with Crippen molar-refractivity contribution in [2.24, 2.45) is 0 Å². The minimum Gasteiger partial charge on any atom is -0.436 e. The number of nitrogens with zero attached hydrogens (tertiary/aromatic N) is 2. The molecular formula is C50H42BN3O. The molecular weight excluding hydrogens is 669 g/mol. The van der Waals surface area contributed by atoms with Crippen LogP contribution in [0, 0.1) is 6.92 Å². The lowest BCUT2D eigenvalue weighted by Crippen LogP contribution is -2.37. The maximum Gasteiger partial charge on any atom is 0.227 e. The number of hydrogen-bond acceptors (Lipinski definition) is 3. The Morgan fingerprint density at radius 1 is 0.709 bits per heavy atom. The van der Waals surface area contributed by atoms with Crippen LogP contribution in [-0.2, 0) is 10.8 Å². The van der Waals surface area contributed by atoms with E-state index in [-0.39, 0.29) is 10.8 Å². The standard InChI is InChI=1S/C50H42BN3O/c1-29-23-35(34-17-11-12-18-40(34)52-33-19-20-37-38(26-33)50(4,5)22-21-49(37,2)3)46-47-45(29)36-24-31-15-9-10-16-32(31)25-42(36)54(47)43-28-41-44(27-39(43)51-46)55-48(53-41)30-13-7-6-8-14-30/h6-20,23-28,51-52H,21-22H2,1-5H3. The fourth-order valence-electron chi connectivity index (χ4n) is 9.73. The molecule has 0 spiro atoms. The molecule has 266 valence electrons. The lowest BCUT2D eigenvalue weighted by molar-refractivity contribution is 0.332. The van der Waals surface area contributed by atoms with E-state index in [9.17, 15) is 0 Å². The van der Waals surface area contributed by atoms with Crippen LogP contribution in [0.2, 0.25) is 0 Å². The smallest absolute Gasteiger partial charge is 0.227 e. The van der Waals surface area contributed by atoms with Gasteiger partial charge in [-0.1, -0.05) is 106 Å². The van der Waals surface area contributed by atoms with Crippen molar-refractivity contribution in [3.8, 4) is 28.3 Å². The molecule has 0 atom stereocenters. The van der Waals surface area contributed by atoms with Crippen molar-refractivity contribution in [1.29, 1.82) is 0 Å². The lowest BCUT2D eigenvalue weighted by atomic mass is 9.58. The van der Waals surface area contributed by atoms with Crippen LogP contribution in [0.5, 0.6) is 0 Å². The van der Waals surface area contributed by atoms with Gasteiger partial charge < -0.3 is 14.3 Å². The highest BCUT2D eigenvalue weighted by Crippen LogP contribution is 2.47. The second-order valence-corrected chi connectivity index (χ2v) is 17.2. The van der Waals surface area contributed by atoms with Crippen LogP contribution in [0.15, 0.2) is 132 Å². The number of aromatic nitrogens is 2. The van der Waals surface area contributed by atoms with Crippen LogP contribution in [0.1, 0.15) is 57.2 Å². The van der Waals surface area contributed by atoms with Gasteiger partial charge in [-0.3, -0.25) is 0 Å². The third-order valence-corrected chi connectivity index (χ3v) is 12.8. The molecule has 7 aromatic carbocycles. The average molecular weight is 712 g/mol. The molecule has 11 rings (SSSR count). The first-order valence-electron chi connectivity index (χ1n) is 19.6. The van der Waals surface area contributed by atoms with Gasteiger partial charge in [0.1, 0.15) is 5.52 Å². The molecule has 1 aliphatic carbocycles. The Balaban J connectivity index is 1.13. The van der Waals surface area contributed by atoms with E-state index in [1.54, 1.807) is 0 Å². The molecule has 9 aromatic rings. The van der Waals surface area contributed by atoms with Crippen molar-refractivity contribution in [1.82, 2.24) is 9.55 Å². The first-order chi connectivity index (χ1) is 26.6. The molecule has 0 saturated carbocycles. The third-order valence-electron chi connectivity index (χ3n) is 12.8. The van der Waals surface area contributed by atoms with Gasteiger partial charge in [0.05, 0.1) is 5.52 Å². The minimum atomic E-state index is 0.136. The fourth-order valence-corrected chi connectivity index (χ4v) is 9.73. The van der Waals surface area contributed by atoms with E-state index in [0.717, 1.165) is 35.3 Å². The Labute approximate surface area is 322 Å². The molecule has 0 radical (unpaired) electrons. The molecule has 0 saturated heterocycles. The average Bonchev–Trinajstić information content (AvgIpc) is 3.76. The maximum atomic E-state index is 6.46. The molecule has 2 aromatic heterocycles. The molecule has 4 nitrogen and oxygen atoms in total. The zero-order valence-corrected chi connectivity index (χ0v) is 32.0. The summed E-state index contributed by atoms with van der Waals surface area (Å²) in [5.41, 5.74) is 18.1. The summed E-state index contributed by atoms with van der Waals surface area (Å²) in [5, 5.41) is 9.01. The zero-order valence-electron chi connectivity index (χ0n) is 32.0. The van der Waals surface area contributed by atoms with Crippen molar-refractivity contribution in [2.75, 3.05) is 5.32 Å². The Bertz CT molecular complexity index is 3060. The summed E-state index contributed by atoms with van der Waals surface area (Å²) < 4.78 is 8.98. The van der Waals surface area contributed by atoms with Crippen molar-refractivity contribution in [3.05, 3.63) is 144 Å². The van der Waals surface area contributed by atoms with E-state index >= 15 is 0 Å². The van der Waals surface area contributed by atoms with Crippen LogP contribution in [0.25, 0.3) is 71.9 Å². The Kier molecular flexibility index (Phi) is 6.75. The third kappa shape index (κ3) is 4.88. The number of hydrogen-bond donors (Lipinski definition) is 1. The number of rotatable bonds is 4. The number of fused-ring (bicyclic) bond motifs is 8. The van der Waals surface area contributed by atoms with Crippen molar-refractivity contribution < 1.29 is 4.42 Å². The Morgan fingerprint density at radius 2 is 1.44 bits per heavy atom. The molecule has 3 heterocycles. The summed E-state index contributed by atoms with van der Waals surface area (Å²) in [6.45, 7) is 11.9. The summed E-state index contributed by atoms with van der Waals surface area (Å²) in [7, 11) is 0.783. The fraction of sp³-hybridized carbons (Fsp3) is 0.180. The summed E-state index contributed by atoms with van der Waals surface area (Å²) >= 11 is 0. The van der Waals surface area contributed by atoms with Gasteiger partial charge in [-0.25, -0.2) is 4.98 Å². The molecule has 5 heteroatoms. The zero-order chi connectivity index (χ0) is 37.2. The highest BCUT2D eigenvalue weighted by Gasteiger charge is 2.37. The first kappa shape index (κ1) is 32.4. The van der Waals surface area contributed by atoms with Gasteiger partial charge in [0.2, 0.25) is 5.89 Å². The van der Waals surface area contributed by atoms with Gasteiger partial charge in [0.25, 0.3) is 0 Å². The molecule has 55 heavy (non-hydrogen) atoms. The van der Waals surface area contributed by atoms with E-state index in [2.05, 4.69) is 154 Å². The van der Waals surface area contributed by atoms with Crippen LogP contribution in [-0.4, -0.2) is 16.8 Å². The van der Waals surface area contributed by atoms with Crippen LogP contribution in [0.4, 0.5) is 11.4 Å². The summed E-state index contributed by atoms with van der Waals surface area (Å²) in [6, 6.07) is 46.5. The highest BCUT2D eigenvalue weighted by atomic mass is 16.3. The monoisotopic (exact) mass is 711 g/mol. The van der Waals surface area contributed by atoms with Crippen molar-refractivity contribution >= 4 is 73.3 Å². The van der Waals surface area contributed by atoms with E-state index in [0.29, 0.717) is 5.89 Å². The van der Waals surface area contributed by atoms with Gasteiger partial charge in [0, 0.05) is 44.5 Å². The number of aryl methyl sites for hydroxylation is 1. The van der Waals surface area contributed by atoms with E-state index in [1.165, 1.54) is 89.9 Å². The minimum absolute atomic E-state index is 0.136. The molecule has 0 fully saturated rings. The normalized spacial score (nSPS) is 15.3. The first-order valence-corrected chi connectivity index (χ1v) is 19.6. The summed E-state index contributed by atoms with van der Waals surface area (Å²) in [5.74, 6) is 0.648. The SMILES string of the molecule is Cc1cc(-c2ccccc2Nc2ccc3c(c2)C(C)(C)CCC3(C)C)c2c3c1c1cc4ccccc4cc1n3-c1cc3nc(-c4ccccc4)oc3cc1B2. The molecule has 0 bridgehead atoms. The number of oxazole rings is 1. The summed E-state index contributed by atoms with van der Waals surface area (Å²) in [4.78, 5) is 5.01. The molecule has 0 unspecified atom stereocenters. The second kappa shape index (κ2) is 11.5. The van der Waals surface area contributed by atoms with Crippen molar-refractivity contribution in [2.45, 2.75) is 58.3 Å². The molecule has 1 N–H and O–H groups in total. The van der Waals surface area contributed by atoms with Gasteiger partial charge >= 0.3 is 0 Å². The van der Waals surface area contributed by atoms with E-state index < -0.39 is 0 Å². The lowest BCUT2D eigenvalue weighted by Gasteiger charge is -2.42. The largest absolute Gasteiger partial charge is 0.436 e. The topological polar surface area (TPSA) is 43.0 Å². The van der Waals surface area contributed by atoms with Crippen molar-refractivity contribution in [3.63, 3.8) is 0 Å². The van der Waals surface area contributed by atoms with E-state index in [1.807, 2.05) is 18.2 Å².